The predicted octanol–water partition coefficient (Wildman–Crippen LogP) is 5.39. The van der Waals surface area contributed by atoms with Gasteiger partial charge in [-0.15, -0.1) is 11.3 Å². The molecule has 33 heavy (non-hydrogen) atoms. The number of hydrogen-bond donors (Lipinski definition) is 2. The number of imidazole rings is 1. The summed E-state index contributed by atoms with van der Waals surface area (Å²) in [6, 6.07) is 5.63. The molecule has 0 spiro atoms. The van der Waals surface area contributed by atoms with Gasteiger partial charge < -0.3 is 19.9 Å². The topological polar surface area (TPSA) is 83.1 Å². The Bertz CT molecular complexity index is 1140. The van der Waals surface area contributed by atoms with Crippen molar-refractivity contribution in [3.05, 3.63) is 65.4 Å². The maximum absolute atomic E-state index is 12.9. The van der Waals surface area contributed by atoms with Crippen LogP contribution >= 0.6 is 11.3 Å². The number of aromatic amines is 1. The molecule has 2 heterocycles. The highest BCUT2D eigenvalue weighted by molar-refractivity contribution is 7.13. The van der Waals surface area contributed by atoms with Crippen LogP contribution in [0.15, 0.2) is 65.4 Å². The van der Waals surface area contributed by atoms with E-state index >= 15 is 0 Å². The molecule has 1 aromatic carbocycles. The van der Waals surface area contributed by atoms with Crippen LogP contribution in [0.4, 0.5) is 5.69 Å². The van der Waals surface area contributed by atoms with E-state index in [2.05, 4.69) is 38.2 Å². The highest BCUT2D eigenvalue weighted by Crippen LogP contribution is 2.24. The highest BCUT2D eigenvalue weighted by Gasteiger charge is 2.11. The third-order valence-corrected chi connectivity index (χ3v) is 5.88. The van der Waals surface area contributed by atoms with E-state index in [4.69, 9.17) is 4.74 Å². The van der Waals surface area contributed by atoms with Gasteiger partial charge in [0.05, 0.1) is 17.6 Å². The van der Waals surface area contributed by atoms with E-state index in [-0.39, 0.29) is 5.91 Å². The fourth-order valence-corrected chi connectivity index (χ4v) is 3.79. The Morgan fingerprint density at radius 1 is 1.33 bits per heavy atom. The van der Waals surface area contributed by atoms with Gasteiger partial charge in [0.2, 0.25) is 0 Å². The molecule has 2 aromatic heterocycles. The number of methoxy groups -OCH3 is 1. The number of carbonyl (C=O) groups is 1. The molecule has 0 radical (unpaired) electrons. The van der Waals surface area contributed by atoms with Crippen LogP contribution < -0.4 is 5.32 Å². The van der Waals surface area contributed by atoms with Crippen LogP contribution in [0.5, 0.6) is 0 Å². The van der Waals surface area contributed by atoms with Gasteiger partial charge in [-0.05, 0) is 43.7 Å². The predicted molar refractivity (Wildman–Crippen MR) is 136 cm³/mol. The lowest BCUT2D eigenvalue weighted by molar-refractivity contribution is -0.112. The molecule has 1 amide bonds. The first-order valence-electron chi connectivity index (χ1n) is 11.0. The molecule has 0 bridgehead atoms. The molecule has 0 aliphatic carbocycles. The van der Waals surface area contributed by atoms with Gasteiger partial charge >= 0.3 is 0 Å². The number of aromatic nitrogens is 3. The Hall–Kier alpha value is -3.23. The summed E-state index contributed by atoms with van der Waals surface area (Å²) in [6.07, 6.45) is 11.6. The fraction of sp³-hybridized carbons (Fsp3) is 0.320. The molecule has 0 saturated heterocycles. The zero-order valence-corrected chi connectivity index (χ0v) is 20.4. The normalized spacial score (nSPS) is 12.6. The number of unbranched alkanes of at least 4 members (excludes halogenated alkanes) is 1. The van der Waals surface area contributed by atoms with Gasteiger partial charge in [-0.3, -0.25) is 4.79 Å². The summed E-state index contributed by atoms with van der Waals surface area (Å²) < 4.78 is 5.19. The molecule has 0 aliphatic heterocycles. The fourth-order valence-electron chi connectivity index (χ4n) is 3.21. The number of amides is 1. The quantitative estimate of drug-likeness (QED) is 0.293. The van der Waals surface area contributed by atoms with Gasteiger partial charge in [0, 0.05) is 49.2 Å². The standard InChI is InChI=1S/C25H31N5O2S/c1-5-7-8-20(30(3)14-15-32-4)11-9-18(6-2)24(31)27-19-10-12-21-22(17-19)29-23(28-21)25-26-13-16-33-25/h6,8-13,16-17H,5,7,14-15H2,1-4H3,(H,27,31)(H,28,29)/b11-9-,18-6+,20-8-. The average molecular weight is 466 g/mol. The molecule has 0 aliphatic rings. The number of carbonyl (C=O) groups excluding carboxylic acids is 1. The van der Waals surface area contributed by atoms with Crippen molar-refractivity contribution in [1.82, 2.24) is 19.9 Å². The van der Waals surface area contributed by atoms with E-state index in [9.17, 15) is 4.79 Å². The number of thiazole rings is 1. The number of fused-ring (bicyclic) bond motifs is 1. The van der Waals surface area contributed by atoms with Gasteiger partial charge in [0.1, 0.15) is 0 Å². The molecule has 8 heteroatoms. The number of nitrogens with zero attached hydrogens (tertiary/aromatic N) is 3. The molecule has 0 atom stereocenters. The number of H-pyrrole nitrogens is 1. The second-order valence-corrected chi connectivity index (χ2v) is 8.41. The third kappa shape index (κ3) is 6.63. The van der Waals surface area contributed by atoms with Crippen molar-refractivity contribution >= 4 is 34.0 Å². The lowest BCUT2D eigenvalue weighted by Crippen LogP contribution is -2.21. The number of hydrogen-bond acceptors (Lipinski definition) is 6. The summed E-state index contributed by atoms with van der Waals surface area (Å²) in [4.78, 5) is 27.2. The number of ether oxygens (including phenoxy) is 1. The van der Waals surface area contributed by atoms with Crippen LogP contribution in [0, 0.1) is 0 Å². The number of allylic oxidation sites excluding steroid dienone is 3. The summed E-state index contributed by atoms with van der Waals surface area (Å²) in [5, 5.41) is 5.74. The molecular weight excluding hydrogens is 434 g/mol. The smallest absolute Gasteiger partial charge is 0.255 e. The Balaban J connectivity index is 1.72. The number of likely N-dealkylation sites (N-methyl/N-ethyl adjacent to an activating group) is 1. The minimum atomic E-state index is -0.165. The second kappa shape index (κ2) is 12.1. The summed E-state index contributed by atoms with van der Waals surface area (Å²) >= 11 is 1.53. The Morgan fingerprint density at radius 2 is 2.18 bits per heavy atom. The van der Waals surface area contributed by atoms with E-state index in [1.54, 1.807) is 13.3 Å². The van der Waals surface area contributed by atoms with Crippen molar-refractivity contribution < 1.29 is 9.53 Å². The minimum Gasteiger partial charge on any atom is -0.383 e. The molecule has 0 unspecified atom stereocenters. The monoisotopic (exact) mass is 465 g/mol. The van der Waals surface area contributed by atoms with Crippen LogP contribution in [0.2, 0.25) is 0 Å². The van der Waals surface area contributed by atoms with Crippen LogP contribution in [0.3, 0.4) is 0 Å². The molecule has 2 N–H and O–H groups in total. The van der Waals surface area contributed by atoms with E-state index in [0.29, 0.717) is 17.9 Å². The van der Waals surface area contributed by atoms with Crippen LogP contribution in [0.1, 0.15) is 26.7 Å². The summed E-state index contributed by atoms with van der Waals surface area (Å²) in [7, 11) is 3.72. The Kier molecular flexibility index (Phi) is 8.97. The SMILES string of the molecule is C\C=C(/C=C\C(=C\CCC)N(C)CCOC)C(=O)Nc1ccc2nc(-c3nccs3)[nH]c2c1. The molecule has 0 fully saturated rings. The van der Waals surface area contributed by atoms with Crippen molar-refractivity contribution in [2.45, 2.75) is 26.7 Å². The maximum atomic E-state index is 12.9. The second-order valence-electron chi connectivity index (χ2n) is 7.52. The molecular formula is C25H31N5O2S. The van der Waals surface area contributed by atoms with Crippen molar-refractivity contribution in [2.75, 3.05) is 32.6 Å². The van der Waals surface area contributed by atoms with Gasteiger partial charge in [-0.2, -0.15) is 0 Å². The molecule has 3 rings (SSSR count). The lowest BCUT2D eigenvalue weighted by atomic mass is 10.1. The summed E-state index contributed by atoms with van der Waals surface area (Å²) in [5.41, 5.74) is 4.03. The van der Waals surface area contributed by atoms with Crippen LogP contribution in [-0.2, 0) is 9.53 Å². The number of nitrogens with one attached hydrogen (secondary N) is 2. The molecule has 3 aromatic rings. The number of anilines is 1. The Labute approximate surface area is 198 Å². The molecule has 0 saturated carbocycles. The van der Waals surface area contributed by atoms with Crippen LogP contribution in [0.25, 0.3) is 21.9 Å². The van der Waals surface area contributed by atoms with Gasteiger partial charge in [0.25, 0.3) is 5.91 Å². The summed E-state index contributed by atoms with van der Waals surface area (Å²) in [6.45, 7) is 5.43. The third-order valence-electron chi connectivity index (χ3n) is 5.10. The van der Waals surface area contributed by atoms with Crippen LogP contribution in [-0.4, -0.2) is 53.1 Å². The maximum Gasteiger partial charge on any atom is 0.255 e. The van der Waals surface area contributed by atoms with E-state index in [0.717, 1.165) is 46.9 Å². The zero-order valence-electron chi connectivity index (χ0n) is 19.6. The zero-order chi connectivity index (χ0) is 23.6. The largest absolute Gasteiger partial charge is 0.383 e. The Morgan fingerprint density at radius 3 is 2.88 bits per heavy atom. The number of benzene rings is 1. The first-order valence-corrected chi connectivity index (χ1v) is 11.9. The van der Waals surface area contributed by atoms with Crippen molar-refractivity contribution in [1.29, 1.82) is 0 Å². The van der Waals surface area contributed by atoms with Crippen molar-refractivity contribution in [3.8, 4) is 10.8 Å². The summed E-state index contributed by atoms with van der Waals surface area (Å²) in [5.74, 6) is 0.562. The molecule has 174 valence electrons. The number of rotatable bonds is 11. The highest BCUT2D eigenvalue weighted by atomic mass is 32.1. The molecule has 7 nitrogen and oxygen atoms in total. The van der Waals surface area contributed by atoms with Gasteiger partial charge in [-0.1, -0.05) is 25.5 Å². The lowest BCUT2D eigenvalue weighted by Gasteiger charge is -2.20. The van der Waals surface area contributed by atoms with Gasteiger partial charge in [0.15, 0.2) is 10.8 Å². The van der Waals surface area contributed by atoms with Crippen molar-refractivity contribution in [2.24, 2.45) is 0 Å². The first-order chi connectivity index (χ1) is 16.0. The van der Waals surface area contributed by atoms with E-state index in [1.807, 2.05) is 55.8 Å². The minimum absolute atomic E-state index is 0.165. The average Bonchev–Trinajstić information content (AvgIpc) is 3.49. The van der Waals surface area contributed by atoms with E-state index < -0.39 is 0 Å². The van der Waals surface area contributed by atoms with E-state index in [1.165, 1.54) is 11.3 Å². The first kappa shape index (κ1) is 24.4. The van der Waals surface area contributed by atoms with Crippen molar-refractivity contribution in [3.63, 3.8) is 0 Å². The van der Waals surface area contributed by atoms with Gasteiger partial charge in [-0.25, -0.2) is 9.97 Å².